The second kappa shape index (κ2) is 13.6. The summed E-state index contributed by atoms with van der Waals surface area (Å²) in [4.78, 5) is 28.0. The lowest BCUT2D eigenvalue weighted by Gasteiger charge is -2.32. The molecule has 0 aliphatic rings. The zero-order valence-electron chi connectivity index (χ0n) is 22.2. The third-order valence-electron chi connectivity index (χ3n) is 6.36. The Bertz CT molecular complexity index is 1400. The van der Waals surface area contributed by atoms with E-state index in [4.69, 9.17) is 11.6 Å². The monoisotopic (exact) mass is 573 g/mol. The summed E-state index contributed by atoms with van der Waals surface area (Å²) in [6, 6.07) is 17.4. The molecule has 39 heavy (non-hydrogen) atoms. The fourth-order valence-electron chi connectivity index (χ4n) is 4.02. The quantitative estimate of drug-likeness (QED) is 0.297. The predicted molar refractivity (Wildman–Crippen MR) is 151 cm³/mol. The summed E-state index contributed by atoms with van der Waals surface area (Å²) in [6.07, 6.45) is 1.64. The van der Waals surface area contributed by atoms with Crippen LogP contribution in [0.5, 0.6) is 0 Å². The summed E-state index contributed by atoms with van der Waals surface area (Å²) >= 11 is 5.97. The molecule has 2 amide bonds. The molecule has 0 heterocycles. The SMILES string of the molecule is CCCCNC(=O)[C@H](C)N(Cc1ccccc1F)C(=O)CN(c1ccccc1C)S(=O)(=O)c1ccc(Cl)cc1. The van der Waals surface area contributed by atoms with Gasteiger partial charge in [-0.15, -0.1) is 0 Å². The Labute approximate surface area is 234 Å². The molecule has 3 aromatic rings. The second-order valence-corrected chi connectivity index (χ2v) is 11.5. The zero-order chi connectivity index (χ0) is 28.6. The number of anilines is 1. The Morgan fingerprint density at radius 1 is 1.00 bits per heavy atom. The van der Waals surface area contributed by atoms with Crippen LogP contribution in [0.1, 0.15) is 37.8 Å². The van der Waals surface area contributed by atoms with Crippen LogP contribution in [-0.4, -0.2) is 44.3 Å². The summed E-state index contributed by atoms with van der Waals surface area (Å²) in [7, 11) is -4.21. The van der Waals surface area contributed by atoms with Gasteiger partial charge >= 0.3 is 0 Å². The van der Waals surface area contributed by atoms with Crippen LogP contribution in [0.15, 0.2) is 77.7 Å². The smallest absolute Gasteiger partial charge is 0.264 e. The number of benzene rings is 3. The van der Waals surface area contributed by atoms with Gasteiger partial charge in [0.05, 0.1) is 10.6 Å². The number of sulfonamides is 1. The number of carbonyl (C=O) groups excluding carboxylic acids is 2. The maximum atomic E-state index is 14.6. The molecule has 3 rings (SSSR count). The highest BCUT2D eigenvalue weighted by Gasteiger charge is 2.33. The Kier molecular flexibility index (Phi) is 10.5. The van der Waals surface area contributed by atoms with Gasteiger partial charge < -0.3 is 10.2 Å². The molecule has 0 unspecified atom stereocenters. The van der Waals surface area contributed by atoms with Crippen molar-refractivity contribution in [2.24, 2.45) is 0 Å². The van der Waals surface area contributed by atoms with Crippen molar-refractivity contribution < 1.29 is 22.4 Å². The van der Waals surface area contributed by atoms with Gasteiger partial charge in [0.1, 0.15) is 18.4 Å². The molecule has 0 saturated heterocycles. The molecule has 3 aromatic carbocycles. The van der Waals surface area contributed by atoms with Crippen molar-refractivity contribution in [2.75, 3.05) is 17.4 Å². The van der Waals surface area contributed by atoms with E-state index in [0.29, 0.717) is 22.8 Å². The maximum absolute atomic E-state index is 14.6. The minimum Gasteiger partial charge on any atom is -0.354 e. The van der Waals surface area contributed by atoms with Gasteiger partial charge in [0.2, 0.25) is 11.8 Å². The van der Waals surface area contributed by atoms with Crippen molar-refractivity contribution >= 4 is 39.1 Å². The van der Waals surface area contributed by atoms with Crippen molar-refractivity contribution in [1.82, 2.24) is 10.2 Å². The van der Waals surface area contributed by atoms with E-state index in [1.165, 1.54) is 47.4 Å². The molecule has 0 radical (unpaired) electrons. The van der Waals surface area contributed by atoms with E-state index >= 15 is 0 Å². The number of para-hydroxylation sites is 1. The molecule has 208 valence electrons. The number of hydrogen-bond acceptors (Lipinski definition) is 4. The molecule has 0 saturated carbocycles. The largest absolute Gasteiger partial charge is 0.354 e. The van der Waals surface area contributed by atoms with E-state index in [1.807, 2.05) is 6.92 Å². The molecular formula is C29H33ClFN3O4S. The summed E-state index contributed by atoms with van der Waals surface area (Å²) in [6.45, 7) is 4.90. The number of rotatable bonds is 12. The minimum atomic E-state index is -4.21. The topological polar surface area (TPSA) is 86.8 Å². The van der Waals surface area contributed by atoms with Crippen molar-refractivity contribution in [3.8, 4) is 0 Å². The average molecular weight is 574 g/mol. The first-order valence-corrected chi connectivity index (χ1v) is 14.5. The molecule has 0 aliphatic heterocycles. The normalized spacial score (nSPS) is 12.0. The van der Waals surface area contributed by atoms with Crippen molar-refractivity contribution in [3.05, 3.63) is 94.8 Å². The number of amides is 2. The van der Waals surface area contributed by atoms with Crippen molar-refractivity contribution in [2.45, 2.75) is 51.1 Å². The molecule has 1 atom stereocenters. The first-order chi connectivity index (χ1) is 18.6. The standard InChI is InChI=1S/C29H33ClFN3O4S/c1-4-5-18-32-29(36)22(3)33(19-23-11-7-8-12-26(23)31)28(35)20-34(27-13-9-6-10-21(27)2)39(37,38)25-16-14-24(30)15-17-25/h6-17,22H,4-5,18-20H2,1-3H3,(H,32,36)/t22-/m0/s1. The van der Waals surface area contributed by atoms with Gasteiger partial charge in [0.15, 0.2) is 0 Å². The molecule has 0 bridgehead atoms. The number of nitrogens with one attached hydrogen (secondary N) is 1. The van der Waals surface area contributed by atoms with Crippen molar-refractivity contribution in [1.29, 1.82) is 0 Å². The Balaban J connectivity index is 2.02. The van der Waals surface area contributed by atoms with Crippen molar-refractivity contribution in [3.63, 3.8) is 0 Å². The number of carbonyl (C=O) groups is 2. The molecule has 0 fully saturated rings. The van der Waals surface area contributed by atoms with Gasteiger partial charge in [-0.05, 0) is 62.2 Å². The van der Waals surface area contributed by atoms with Crippen LogP contribution in [0.3, 0.4) is 0 Å². The van der Waals surface area contributed by atoms with E-state index in [0.717, 1.165) is 17.1 Å². The fraction of sp³-hybridized carbons (Fsp3) is 0.310. The lowest BCUT2D eigenvalue weighted by Crippen LogP contribution is -2.51. The Morgan fingerprint density at radius 3 is 2.28 bits per heavy atom. The average Bonchev–Trinajstić information content (AvgIpc) is 2.91. The first-order valence-electron chi connectivity index (χ1n) is 12.7. The lowest BCUT2D eigenvalue weighted by molar-refractivity contribution is -0.139. The first kappa shape index (κ1) is 30.1. The second-order valence-electron chi connectivity index (χ2n) is 9.19. The highest BCUT2D eigenvalue weighted by atomic mass is 35.5. The highest BCUT2D eigenvalue weighted by molar-refractivity contribution is 7.92. The number of aryl methyl sites for hydroxylation is 1. The summed E-state index contributed by atoms with van der Waals surface area (Å²) in [5.41, 5.74) is 1.16. The van der Waals surface area contributed by atoms with Crippen LogP contribution in [0.25, 0.3) is 0 Å². The van der Waals surface area contributed by atoms with Crippen LogP contribution in [-0.2, 0) is 26.2 Å². The van der Waals surface area contributed by atoms with E-state index in [9.17, 15) is 22.4 Å². The van der Waals surface area contributed by atoms with Gasteiger partial charge in [-0.25, -0.2) is 12.8 Å². The molecule has 0 spiro atoms. The molecule has 0 aliphatic carbocycles. The third-order valence-corrected chi connectivity index (χ3v) is 8.39. The Hall–Kier alpha value is -3.43. The molecule has 0 aromatic heterocycles. The van der Waals surface area contributed by atoms with Crippen LogP contribution in [0.2, 0.25) is 5.02 Å². The zero-order valence-corrected chi connectivity index (χ0v) is 23.8. The van der Waals surface area contributed by atoms with Gasteiger partial charge in [0.25, 0.3) is 10.0 Å². The van der Waals surface area contributed by atoms with Gasteiger partial charge in [-0.2, -0.15) is 0 Å². The minimum absolute atomic E-state index is 0.0473. The van der Waals surface area contributed by atoms with E-state index in [2.05, 4.69) is 5.32 Å². The van der Waals surface area contributed by atoms with Gasteiger partial charge in [-0.3, -0.25) is 13.9 Å². The number of nitrogens with zero attached hydrogens (tertiary/aromatic N) is 2. The Morgan fingerprint density at radius 2 is 1.64 bits per heavy atom. The van der Waals surface area contributed by atoms with Crippen LogP contribution in [0.4, 0.5) is 10.1 Å². The molecule has 1 N–H and O–H groups in total. The van der Waals surface area contributed by atoms with E-state index in [-0.39, 0.29) is 17.0 Å². The number of hydrogen-bond donors (Lipinski definition) is 1. The number of unbranched alkanes of at least 4 members (excludes halogenated alkanes) is 1. The summed E-state index contributed by atoms with van der Waals surface area (Å²) in [5.74, 6) is -1.59. The molecule has 7 nitrogen and oxygen atoms in total. The third kappa shape index (κ3) is 7.58. The van der Waals surface area contributed by atoms with Gasteiger partial charge in [-0.1, -0.05) is 61.3 Å². The fourth-order valence-corrected chi connectivity index (χ4v) is 5.62. The van der Waals surface area contributed by atoms with E-state index in [1.54, 1.807) is 44.2 Å². The molecule has 10 heteroatoms. The summed E-state index contributed by atoms with van der Waals surface area (Å²) < 4.78 is 43.2. The van der Waals surface area contributed by atoms with Crippen LogP contribution < -0.4 is 9.62 Å². The molecular weight excluding hydrogens is 541 g/mol. The highest BCUT2D eigenvalue weighted by Crippen LogP contribution is 2.28. The van der Waals surface area contributed by atoms with Gasteiger partial charge in [0, 0.05) is 23.7 Å². The van der Waals surface area contributed by atoms with Crippen LogP contribution in [0, 0.1) is 12.7 Å². The summed E-state index contributed by atoms with van der Waals surface area (Å²) in [5, 5.41) is 3.17. The van der Waals surface area contributed by atoms with E-state index < -0.39 is 40.2 Å². The number of halogens is 2. The predicted octanol–water partition coefficient (Wildman–Crippen LogP) is 5.32. The lowest BCUT2D eigenvalue weighted by atomic mass is 10.1. The maximum Gasteiger partial charge on any atom is 0.264 e. The van der Waals surface area contributed by atoms with Crippen LogP contribution >= 0.6 is 11.6 Å².